The summed E-state index contributed by atoms with van der Waals surface area (Å²) in [5.41, 5.74) is 3.33. The number of non-ortho nitro benzene ring substituents is 1. The quantitative estimate of drug-likeness (QED) is 0.0328. The number of aliphatic hydroxyl groups is 2. The van der Waals surface area contributed by atoms with Crippen LogP contribution in [-0.4, -0.2) is 76.6 Å². The molecule has 6 atom stereocenters. The van der Waals surface area contributed by atoms with E-state index < -0.39 is 22.7 Å². The molecular formula is C50H63N3O9S. The second kappa shape index (κ2) is 21.8. The number of carbonyl (C=O) groups excluding carboxylic acids is 1. The van der Waals surface area contributed by atoms with Crippen molar-refractivity contribution in [3.05, 3.63) is 112 Å². The first-order valence-corrected chi connectivity index (χ1v) is 23.9. The molecule has 3 aliphatic carbocycles. The number of thioether (sulfide) groups is 1. The van der Waals surface area contributed by atoms with Gasteiger partial charge in [-0.15, -0.1) is 18.3 Å². The number of carbonyl (C=O) groups is 1. The molecule has 63 heavy (non-hydrogen) atoms. The van der Waals surface area contributed by atoms with Gasteiger partial charge in [-0.05, 0) is 122 Å². The lowest BCUT2D eigenvalue weighted by Crippen LogP contribution is -2.69. The lowest BCUT2D eigenvalue weighted by molar-refractivity contribution is -0.384. The minimum absolute atomic E-state index is 0.00416. The van der Waals surface area contributed by atoms with Gasteiger partial charge in [-0.2, -0.15) is 0 Å². The SMILES string of the molecule is C=CCOC12Oc3ccc(Oc4ccc(SC)cc4)cc3C3C(CCCCO)C(CCCCO)C=C(C(=NOCc4ccc([N+](=O)[O-])cc4)CC1N(C)C(=O)CCC1CCCC1)C32. The van der Waals surface area contributed by atoms with E-state index in [-0.39, 0.29) is 55.8 Å². The van der Waals surface area contributed by atoms with Crippen molar-refractivity contribution >= 4 is 29.1 Å². The predicted molar refractivity (Wildman–Crippen MR) is 245 cm³/mol. The summed E-state index contributed by atoms with van der Waals surface area (Å²) in [5, 5.41) is 36.1. The van der Waals surface area contributed by atoms with Crippen molar-refractivity contribution < 1.29 is 39.0 Å². The summed E-state index contributed by atoms with van der Waals surface area (Å²) in [6.45, 7) is 4.50. The van der Waals surface area contributed by atoms with Crippen molar-refractivity contribution in [1.82, 2.24) is 4.90 Å². The van der Waals surface area contributed by atoms with Crippen molar-refractivity contribution in [3.63, 3.8) is 0 Å². The third-order valence-electron chi connectivity index (χ3n) is 13.6. The molecule has 2 saturated carbocycles. The Morgan fingerprint density at radius 2 is 1.71 bits per heavy atom. The Balaban J connectivity index is 1.36. The minimum Gasteiger partial charge on any atom is -0.459 e. The second-order valence-electron chi connectivity index (χ2n) is 17.4. The molecule has 1 aliphatic heterocycles. The van der Waals surface area contributed by atoms with Gasteiger partial charge in [0.05, 0.1) is 23.2 Å². The van der Waals surface area contributed by atoms with Crippen LogP contribution in [0.2, 0.25) is 0 Å². The molecule has 0 bridgehead atoms. The molecule has 7 rings (SSSR count). The number of nitrogens with zero attached hydrogens (tertiary/aromatic N) is 3. The number of fused-ring (bicyclic) bond motifs is 2. The number of nitro benzene ring substituents is 1. The zero-order valence-corrected chi connectivity index (χ0v) is 37.5. The molecule has 13 heteroatoms. The number of allylic oxidation sites excluding steroid dienone is 1. The van der Waals surface area contributed by atoms with Crippen LogP contribution in [0.4, 0.5) is 5.69 Å². The summed E-state index contributed by atoms with van der Waals surface area (Å²) >= 11 is 1.67. The molecular weight excluding hydrogens is 819 g/mol. The van der Waals surface area contributed by atoms with Crippen molar-refractivity contribution in [2.45, 2.75) is 113 Å². The molecule has 2 N–H and O–H groups in total. The summed E-state index contributed by atoms with van der Waals surface area (Å²) in [7, 11) is 1.86. The first-order chi connectivity index (χ1) is 30.7. The van der Waals surface area contributed by atoms with Gasteiger partial charge in [0.1, 0.15) is 29.9 Å². The molecule has 3 aromatic carbocycles. The van der Waals surface area contributed by atoms with E-state index in [0.717, 1.165) is 66.5 Å². The molecule has 3 aromatic rings. The van der Waals surface area contributed by atoms with Gasteiger partial charge in [0.25, 0.3) is 5.69 Å². The van der Waals surface area contributed by atoms with Crippen molar-refractivity contribution in [1.29, 1.82) is 0 Å². The van der Waals surface area contributed by atoms with Crippen LogP contribution < -0.4 is 9.47 Å². The smallest absolute Gasteiger partial charge is 0.269 e. The van der Waals surface area contributed by atoms with Gasteiger partial charge in [0.2, 0.25) is 11.7 Å². The molecule has 6 unspecified atom stereocenters. The normalized spacial score (nSPS) is 24.5. The summed E-state index contributed by atoms with van der Waals surface area (Å²) in [6.07, 6.45) is 16.9. The Morgan fingerprint density at radius 1 is 1.00 bits per heavy atom. The molecule has 0 saturated heterocycles. The highest BCUT2D eigenvalue weighted by atomic mass is 32.2. The van der Waals surface area contributed by atoms with Gasteiger partial charge in [-0.1, -0.05) is 55.8 Å². The summed E-state index contributed by atoms with van der Waals surface area (Å²) in [5.74, 6) is 0.779. The number of amides is 1. The number of benzene rings is 3. The van der Waals surface area contributed by atoms with Gasteiger partial charge in [0.15, 0.2) is 0 Å². The summed E-state index contributed by atoms with van der Waals surface area (Å²) < 4.78 is 20.9. The molecule has 338 valence electrons. The van der Waals surface area contributed by atoms with E-state index in [2.05, 4.69) is 18.7 Å². The van der Waals surface area contributed by atoms with Crippen molar-refractivity contribution in [2.24, 2.45) is 28.8 Å². The van der Waals surface area contributed by atoms with Crippen LogP contribution in [0.5, 0.6) is 17.2 Å². The number of hydrogen-bond acceptors (Lipinski definition) is 11. The first-order valence-electron chi connectivity index (χ1n) is 22.7. The maximum Gasteiger partial charge on any atom is 0.269 e. The van der Waals surface area contributed by atoms with Crippen LogP contribution in [0, 0.1) is 33.8 Å². The number of ether oxygens (including phenoxy) is 3. The fourth-order valence-electron chi connectivity index (χ4n) is 10.4. The van der Waals surface area contributed by atoms with Crippen molar-refractivity contribution in [2.75, 3.05) is 33.1 Å². The largest absolute Gasteiger partial charge is 0.459 e. The highest BCUT2D eigenvalue weighted by Gasteiger charge is 2.65. The van der Waals surface area contributed by atoms with Crippen molar-refractivity contribution in [3.8, 4) is 17.2 Å². The first kappa shape index (κ1) is 46.3. The van der Waals surface area contributed by atoms with Crippen LogP contribution in [0.25, 0.3) is 0 Å². The van der Waals surface area contributed by atoms with E-state index >= 15 is 0 Å². The van der Waals surface area contributed by atoms with Gasteiger partial charge in [-0.25, -0.2) is 0 Å². The number of hydrogen-bond donors (Lipinski definition) is 2. The van der Waals surface area contributed by atoms with Crippen LogP contribution in [0.3, 0.4) is 0 Å². The van der Waals surface area contributed by atoms with E-state index in [1.165, 1.54) is 25.0 Å². The Kier molecular flexibility index (Phi) is 16.0. The average Bonchev–Trinajstić information content (AvgIpc) is 3.83. The summed E-state index contributed by atoms with van der Waals surface area (Å²) in [4.78, 5) is 34.5. The van der Waals surface area contributed by atoms with Crippen LogP contribution in [0.15, 0.2) is 101 Å². The average molecular weight is 882 g/mol. The molecule has 0 radical (unpaired) electrons. The number of oxime groups is 1. The Labute approximate surface area is 375 Å². The minimum atomic E-state index is -1.34. The molecule has 0 spiro atoms. The van der Waals surface area contributed by atoms with Crippen LogP contribution in [0.1, 0.15) is 101 Å². The Bertz CT molecular complexity index is 2090. The highest BCUT2D eigenvalue weighted by Crippen LogP contribution is 2.62. The summed E-state index contributed by atoms with van der Waals surface area (Å²) in [6, 6.07) is 19.6. The zero-order chi connectivity index (χ0) is 44.3. The number of likely N-dealkylation sites (N-methyl/N-ethyl adjacent to an activating group) is 1. The fourth-order valence-corrected chi connectivity index (χ4v) is 10.9. The van der Waals surface area contributed by atoms with Gasteiger partial charge >= 0.3 is 0 Å². The Hall–Kier alpha value is -4.69. The van der Waals surface area contributed by atoms with E-state index in [9.17, 15) is 25.1 Å². The van der Waals surface area contributed by atoms with E-state index in [1.54, 1.807) is 30.0 Å². The number of unbranched alkanes of at least 4 members (excludes halogenated alkanes) is 2. The molecule has 1 amide bonds. The lowest BCUT2D eigenvalue weighted by Gasteiger charge is -2.59. The Morgan fingerprint density at radius 3 is 2.40 bits per heavy atom. The zero-order valence-electron chi connectivity index (χ0n) is 36.7. The topological polar surface area (TPSA) is 153 Å². The molecule has 2 fully saturated rings. The third-order valence-corrected chi connectivity index (χ3v) is 14.3. The van der Waals surface area contributed by atoms with Crippen LogP contribution in [-0.2, 0) is 21.0 Å². The molecule has 1 heterocycles. The molecule has 0 aromatic heterocycles. The van der Waals surface area contributed by atoms with Gasteiger partial charge in [0, 0.05) is 61.6 Å². The van der Waals surface area contributed by atoms with E-state index in [0.29, 0.717) is 54.6 Å². The maximum atomic E-state index is 14.5. The molecule has 4 aliphatic rings. The molecule has 12 nitrogen and oxygen atoms in total. The maximum absolute atomic E-state index is 14.5. The van der Waals surface area contributed by atoms with Gasteiger partial charge in [-0.3, -0.25) is 14.9 Å². The van der Waals surface area contributed by atoms with E-state index in [4.69, 9.17) is 24.2 Å². The predicted octanol–water partition coefficient (Wildman–Crippen LogP) is 10.4. The van der Waals surface area contributed by atoms with E-state index in [1.807, 2.05) is 54.6 Å². The van der Waals surface area contributed by atoms with Crippen LogP contribution >= 0.6 is 11.8 Å². The second-order valence-corrected chi connectivity index (χ2v) is 18.3. The van der Waals surface area contributed by atoms with Gasteiger partial charge < -0.3 is 34.2 Å². The lowest BCUT2D eigenvalue weighted by atomic mass is 9.55. The monoisotopic (exact) mass is 881 g/mol. The standard InChI is InChI=1S/C50H63N3O9S/c1-4-29-59-50-46(52(2)47(56)26-17-34-11-5-6-12-34)32-44(51-60-33-35-15-18-37(19-16-35)53(57)58)42-30-36(13-7-9-27-54)41(14-8-10-28-55)48(49(42)50)43-31-39(22-25-45(43)62-50)61-38-20-23-40(63-3)24-21-38/h4,15-16,18-25,30-31,34,36,41,46,48-49,54-55H,1,5-14,17,26-29,32-33H2,2-3H3. The third kappa shape index (κ3) is 10.6. The number of nitro groups is 1. The fraction of sp³-hybridized carbons (Fsp3) is 0.520. The highest BCUT2D eigenvalue weighted by molar-refractivity contribution is 7.98. The number of rotatable bonds is 22. The number of aliphatic hydroxyl groups excluding tert-OH is 2.